The molecule has 3 aromatic carbocycles. The third kappa shape index (κ3) is 8.95. The van der Waals surface area contributed by atoms with E-state index in [0.29, 0.717) is 0 Å². The van der Waals surface area contributed by atoms with Gasteiger partial charge in [-0.25, -0.2) is 15.3 Å². The summed E-state index contributed by atoms with van der Waals surface area (Å²) in [5.74, 6) is 0. The number of hydrogen-bond acceptors (Lipinski definition) is 4. The van der Waals surface area contributed by atoms with E-state index in [9.17, 15) is 0 Å². The van der Waals surface area contributed by atoms with Gasteiger partial charge in [0.25, 0.3) is 0 Å². The Bertz CT molecular complexity index is 1400. The Labute approximate surface area is 265 Å². The Morgan fingerprint density at radius 1 is 0.500 bits per heavy atom. The molecule has 0 fully saturated rings. The summed E-state index contributed by atoms with van der Waals surface area (Å²) in [6.07, 6.45) is 14.5. The van der Waals surface area contributed by atoms with Gasteiger partial charge in [-0.3, -0.25) is 5.10 Å². The number of H-pyrrole nitrogens is 1. The van der Waals surface area contributed by atoms with Gasteiger partial charge in [0, 0.05) is 31.0 Å². The minimum atomic E-state index is -1.12. The maximum atomic E-state index is 4.26. The van der Waals surface area contributed by atoms with E-state index in [4.69, 9.17) is 0 Å². The van der Waals surface area contributed by atoms with Gasteiger partial charge in [-0.05, 0) is 66.7 Å². The second kappa shape index (κ2) is 17.7. The standard InChI is InChI=1S/C18H15P.C9H10BN6.C3H4N2.ClH.Ru/c1-4-10-16(11-5-1)19(17-12-6-2-7-13-17)18-14-8-3-9-15-18;1-4-11-14(7-1)10(15-8-2-5-12-15)16-9-3-6-13-16;1-2-4-5-3-1;;/h1-15H;1-10H;1-3H,(H,4,5);1H;/q;-1;;;+2/p-1. The normalized spacial score (nSPS) is 9.95. The summed E-state index contributed by atoms with van der Waals surface area (Å²) in [5.41, 5.74) is 0. The second-order valence-corrected chi connectivity index (χ2v) is 10.9. The molecule has 0 radical (unpaired) electrons. The van der Waals surface area contributed by atoms with Gasteiger partial charge in [0.05, 0.1) is 0 Å². The van der Waals surface area contributed by atoms with Crippen molar-refractivity contribution in [3.8, 4) is 0 Å². The molecule has 0 aliphatic rings. The molecule has 1 N–H and O–H groups in total. The summed E-state index contributed by atoms with van der Waals surface area (Å²) in [6, 6.07) is 39.8. The minimum Gasteiger partial charge on any atom is -1.00 e. The van der Waals surface area contributed by atoms with Crippen molar-refractivity contribution < 1.29 is 31.9 Å². The predicted octanol–water partition coefficient (Wildman–Crippen LogP) is 0.794. The molecular formula is C30H29BClN8PRu. The van der Waals surface area contributed by atoms with Crippen LogP contribution in [0.5, 0.6) is 0 Å². The van der Waals surface area contributed by atoms with E-state index >= 15 is 0 Å². The quantitative estimate of drug-likeness (QED) is 0.208. The third-order valence-corrected chi connectivity index (χ3v) is 8.44. The zero-order chi connectivity index (χ0) is 27.2. The van der Waals surface area contributed by atoms with Crippen molar-refractivity contribution in [2.24, 2.45) is 0 Å². The molecule has 8 nitrogen and oxygen atoms in total. The molecule has 0 aliphatic heterocycles. The molecule has 42 heavy (non-hydrogen) atoms. The molecule has 12 heteroatoms. The number of rotatable bonds is 6. The van der Waals surface area contributed by atoms with Gasteiger partial charge >= 0.3 is 26.6 Å². The number of halogens is 1. The molecule has 0 amide bonds. The van der Waals surface area contributed by atoms with Gasteiger partial charge in [-0.2, -0.15) is 5.10 Å². The van der Waals surface area contributed by atoms with E-state index in [1.807, 2.05) is 56.6 Å². The average molecular weight is 680 g/mol. The molecule has 4 heterocycles. The van der Waals surface area contributed by atoms with Crippen molar-refractivity contribution in [3.63, 3.8) is 0 Å². The average Bonchev–Trinajstić information content (AvgIpc) is 3.86. The molecule has 4 aromatic heterocycles. The van der Waals surface area contributed by atoms with Crippen molar-refractivity contribution >= 4 is 31.0 Å². The van der Waals surface area contributed by atoms with Gasteiger partial charge in [-0.1, -0.05) is 91.0 Å². The fourth-order valence-electron chi connectivity index (χ4n) is 4.24. The van der Waals surface area contributed by atoms with E-state index in [1.165, 1.54) is 15.9 Å². The topological polar surface area (TPSA) is 82.1 Å². The van der Waals surface area contributed by atoms with Gasteiger partial charge in [0.2, 0.25) is 0 Å². The van der Waals surface area contributed by atoms with Crippen LogP contribution in [-0.2, 0) is 19.5 Å². The maximum absolute atomic E-state index is 4.26. The van der Waals surface area contributed by atoms with Crippen LogP contribution in [0.25, 0.3) is 0 Å². The van der Waals surface area contributed by atoms with Crippen LogP contribution in [0.4, 0.5) is 0 Å². The summed E-state index contributed by atoms with van der Waals surface area (Å²) in [6.45, 7) is 0. The summed E-state index contributed by atoms with van der Waals surface area (Å²) in [7, 11) is -1.57. The smallest absolute Gasteiger partial charge is 1.00 e. The largest absolute Gasteiger partial charge is 2.00 e. The van der Waals surface area contributed by atoms with Crippen molar-refractivity contribution in [1.82, 2.24) is 39.3 Å². The monoisotopic (exact) mass is 680 g/mol. The van der Waals surface area contributed by atoms with Crippen LogP contribution in [0.1, 0.15) is 0 Å². The van der Waals surface area contributed by atoms with Gasteiger partial charge in [-0.15, -0.1) is 0 Å². The van der Waals surface area contributed by atoms with Gasteiger partial charge in [0.1, 0.15) is 0 Å². The third-order valence-electron chi connectivity index (χ3n) is 6.00. The Kier molecular flexibility index (Phi) is 13.6. The number of aromatic amines is 1. The first-order valence-corrected chi connectivity index (χ1v) is 14.3. The SMILES string of the molecule is [Cl-].[Ru+2].c1ccc(P(c2ccccc2)c2ccccc2)cc1.c1cn[nH]c1.c1cnn([BH-](n2cccn2)n2cccn2)c1. The second-order valence-electron chi connectivity index (χ2n) is 8.67. The van der Waals surface area contributed by atoms with Gasteiger partial charge in [0.15, 0.2) is 0 Å². The Morgan fingerprint density at radius 3 is 1.12 bits per heavy atom. The summed E-state index contributed by atoms with van der Waals surface area (Å²) in [4.78, 5) is 0. The van der Waals surface area contributed by atoms with Gasteiger partial charge < -0.3 is 26.2 Å². The number of nitrogens with one attached hydrogen (secondary N) is 1. The predicted molar refractivity (Wildman–Crippen MR) is 164 cm³/mol. The first kappa shape index (κ1) is 32.4. The zero-order valence-corrected chi connectivity index (χ0v) is 26.0. The van der Waals surface area contributed by atoms with E-state index in [2.05, 4.69) is 116 Å². The summed E-state index contributed by atoms with van der Waals surface area (Å²) >= 11 is 0. The molecule has 7 aromatic rings. The van der Waals surface area contributed by atoms with Crippen LogP contribution >= 0.6 is 7.92 Å². The van der Waals surface area contributed by atoms with Crippen LogP contribution in [0, 0.1) is 0 Å². The molecule has 0 aliphatic carbocycles. The molecule has 0 bridgehead atoms. The Morgan fingerprint density at radius 2 is 0.881 bits per heavy atom. The number of aromatic nitrogens is 8. The van der Waals surface area contributed by atoms with Crippen molar-refractivity contribution in [1.29, 1.82) is 0 Å². The van der Waals surface area contributed by atoms with Crippen LogP contribution < -0.4 is 28.3 Å². The van der Waals surface area contributed by atoms with Crippen molar-refractivity contribution in [3.05, 3.63) is 165 Å². The van der Waals surface area contributed by atoms with Crippen LogP contribution in [0.2, 0.25) is 0 Å². The fourth-order valence-corrected chi connectivity index (χ4v) is 6.55. The molecule has 0 unspecified atom stereocenters. The molecule has 0 saturated carbocycles. The van der Waals surface area contributed by atoms with Crippen LogP contribution in [0.15, 0.2) is 165 Å². The minimum absolute atomic E-state index is 0. The van der Waals surface area contributed by atoms with E-state index in [1.54, 1.807) is 31.0 Å². The number of benzene rings is 3. The first-order chi connectivity index (χ1) is 19.9. The fraction of sp³-hybridized carbons (Fsp3) is 0. The Balaban J connectivity index is 0.000000191. The van der Waals surface area contributed by atoms with Crippen molar-refractivity contribution in [2.75, 3.05) is 0 Å². The molecule has 0 atom stereocenters. The molecule has 0 saturated heterocycles. The van der Waals surface area contributed by atoms with E-state index in [0.717, 1.165) is 0 Å². The van der Waals surface area contributed by atoms with Crippen molar-refractivity contribution in [2.45, 2.75) is 0 Å². The molecule has 212 valence electrons. The van der Waals surface area contributed by atoms with Crippen LogP contribution in [-0.4, -0.2) is 46.4 Å². The van der Waals surface area contributed by atoms with E-state index in [-0.39, 0.29) is 31.9 Å². The number of hydrogen-bond donors (Lipinski definition) is 1. The van der Waals surface area contributed by atoms with E-state index < -0.39 is 15.0 Å². The zero-order valence-electron chi connectivity index (χ0n) is 22.6. The number of nitrogens with zero attached hydrogens (tertiary/aromatic N) is 7. The molecule has 7 rings (SSSR count). The summed E-state index contributed by atoms with van der Waals surface area (Å²) < 4.78 is 5.62. The first-order valence-electron chi connectivity index (χ1n) is 12.9. The molecular weight excluding hydrogens is 651 g/mol. The molecule has 0 spiro atoms. The van der Waals surface area contributed by atoms with Crippen LogP contribution in [0.3, 0.4) is 0 Å². The summed E-state index contributed by atoms with van der Waals surface area (Å²) in [5, 5.41) is 23.2. The Hall–Kier alpha value is -4.09. The maximum Gasteiger partial charge on any atom is 2.00 e.